The maximum atomic E-state index is 10.7. The van der Waals surface area contributed by atoms with Gasteiger partial charge in [-0.1, -0.05) is 18.2 Å². The number of para-hydroxylation sites is 1. The SMILES string of the molecule is Cc1nn(-c2ccccc2)c(O)c1CC(=O)O. The predicted molar refractivity (Wildman–Crippen MR) is 61.3 cm³/mol. The van der Waals surface area contributed by atoms with Gasteiger partial charge in [-0.2, -0.15) is 5.10 Å². The summed E-state index contributed by atoms with van der Waals surface area (Å²) in [6, 6.07) is 9.08. The molecule has 5 heteroatoms. The first-order chi connectivity index (χ1) is 8.09. The molecule has 17 heavy (non-hydrogen) atoms. The molecule has 2 aromatic rings. The van der Waals surface area contributed by atoms with Crippen molar-refractivity contribution in [3.8, 4) is 11.6 Å². The number of carbonyl (C=O) groups is 1. The van der Waals surface area contributed by atoms with Crippen LogP contribution in [0.4, 0.5) is 0 Å². The average molecular weight is 232 g/mol. The van der Waals surface area contributed by atoms with Crippen LogP contribution in [0.2, 0.25) is 0 Å². The summed E-state index contributed by atoms with van der Waals surface area (Å²) in [6.07, 6.45) is -0.232. The summed E-state index contributed by atoms with van der Waals surface area (Å²) in [6.45, 7) is 1.68. The number of rotatable bonds is 3. The van der Waals surface area contributed by atoms with Crippen LogP contribution < -0.4 is 0 Å². The van der Waals surface area contributed by atoms with Crippen LogP contribution >= 0.6 is 0 Å². The largest absolute Gasteiger partial charge is 0.493 e. The standard InChI is InChI=1S/C12H12N2O3/c1-8-10(7-11(15)16)12(17)14(13-8)9-5-3-2-4-6-9/h2-6,17H,7H2,1H3,(H,15,16). The Morgan fingerprint density at radius 2 is 2.00 bits per heavy atom. The molecular formula is C12H12N2O3. The maximum Gasteiger partial charge on any atom is 0.308 e. The number of hydrogen-bond acceptors (Lipinski definition) is 3. The van der Waals surface area contributed by atoms with E-state index in [9.17, 15) is 9.90 Å². The fourth-order valence-corrected chi connectivity index (χ4v) is 1.65. The van der Waals surface area contributed by atoms with Crippen molar-refractivity contribution < 1.29 is 15.0 Å². The topological polar surface area (TPSA) is 75.3 Å². The van der Waals surface area contributed by atoms with E-state index in [-0.39, 0.29) is 12.3 Å². The molecule has 0 aliphatic carbocycles. The van der Waals surface area contributed by atoms with Crippen LogP contribution in [0.25, 0.3) is 5.69 Å². The van der Waals surface area contributed by atoms with E-state index in [0.29, 0.717) is 16.9 Å². The van der Waals surface area contributed by atoms with Gasteiger partial charge in [0.05, 0.1) is 17.8 Å². The highest BCUT2D eigenvalue weighted by molar-refractivity contribution is 5.71. The average Bonchev–Trinajstić information content (AvgIpc) is 2.58. The molecule has 0 bridgehead atoms. The Hall–Kier alpha value is -2.30. The van der Waals surface area contributed by atoms with E-state index in [1.54, 1.807) is 19.1 Å². The molecule has 0 saturated carbocycles. The third-order valence-corrected chi connectivity index (χ3v) is 2.49. The van der Waals surface area contributed by atoms with Gasteiger partial charge in [0.25, 0.3) is 0 Å². The van der Waals surface area contributed by atoms with E-state index >= 15 is 0 Å². The first-order valence-corrected chi connectivity index (χ1v) is 5.14. The Morgan fingerprint density at radius 3 is 2.59 bits per heavy atom. The summed E-state index contributed by atoms with van der Waals surface area (Å²) in [5, 5.41) is 22.8. The Bertz CT molecular complexity index is 546. The lowest BCUT2D eigenvalue weighted by Crippen LogP contribution is -2.00. The number of nitrogens with zero attached hydrogens (tertiary/aromatic N) is 2. The molecule has 0 amide bonds. The fraction of sp³-hybridized carbons (Fsp3) is 0.167. The molecule has 0 saturated heterocycles. The van der Waals surface area contributed by atoms with Crippen molar-refractivity contribution in [1.82, 2.24) is 9.78 Å². The summed E-state index contributed by atoms with van der Waals surface area (Å²) in [7, 11) is 0. The highest BCUT2D eigenvalue weighted by Crippen LogP contribution is 2.24. The van der Waals surface area contributed by atoms with Crippen LogP contribution in [-0.4, -0.2) is 26.0 Å². The summed E-state index contributed by atoms with van der Waals surface area (Å²) in [4.78, 5) is 10.7. The minimum absolute atomic E-state index is 0.115. The molecule has 0 fully saturated rings. The first kappa shape index (κ1) is 11.2. The first-order valence-electron chi connectivity index (χ1n) is 5.14. The van der Waals surface area contributed by atoms with Gasteiger partial charge in [0.15, 0.2) is 0 Å². The van der Waals surface area contributed by atoms with Crippen LogP contribution in [0.5, 0.6) is 5.88 Å². The zero-order chi connectivity index (χ0) is 12.4. The molecule has 2 N–H and O–H groups in total. The van der Waals surface area contributed by atoms with Crippen LogP contribution in [0.1, 0.15) is 11.3 Å². The third-order valence-electron chi connectivity index (χ3n) is 2.49. The predicted octanol–water partition coefficient (Wildman–Crippen LogP) is 1.51. The minimum atomic E-state index is -0.990. The van der Waals surface area contributed by atoms with Gasteiger partial charge in [-0.25, -0.2) is 4.68 Å². The number of aromatic nitrogens is 2. The summed E-state index contributed by atoms with van der Waals surface area (Å²) < 4.78 is 1.34. The van der Waals surface area contributed by atoms with E-state index in [4.69, 9.17) is 5.11 Å². The molecule has 0 atom stereocenters. The van der Waals surface area contributed by atoms with Crippen molar-refractivity contribution in [1.29, 1.82) is 0 Å². The molecular weight excluding hydrogens is 220 g/mol. The summed E-state index contributed by atoms with van der Waals surface area (Å²) in [5.74, 6) is -1.10. The minimum Gasteiger partial charge on any atom is -0.493 e. The molecule has 0 spiro atoms. The molecule has 5 nitrogen and oxygen atoms in total. The highest BCUT2D eigenvalue weighted by atomic mass is 16.4. The zero-order valence-corrected chi connectivity index (χ0v) is 9.29. The van der Waals surface area contributed by atoms with Crippen molar-refractivity contribution >= 4 is 5.97 Å². The lowest BCUT2D eigenvalue weighted by molar-refractivity contribution is -0.136. The molecule has 0 radical (unpaired) electrons. The highest BCUT2D eigenvalue weighted by Gasteiger charge is 2.17. The second kappa shape index (κ2) is 4.29. The van der Waals surface area contributed by atoms with Gasteiger partial charge in [0.1, 0.15) is 0 Å². The lowest BCUT2D eigenvalue weighted by Gasteiger charge is -2.02. The van der Waals surface area contributed by atoms with Crippen molar-refractivity contribution in [2.75, 3.05) is 0 Å². The lowest BCUT2D eigenvalue weighted by atomic mass is 10.2. The molecule has 0 aliphatic heterocycles. The van der Waals surface area contributed by atoms with Gasteiger partial charge in [-0.05, 0) is 19.1 Å². The Labute approximate surface area is 97.9 Å². The second-order valence-corrected chi connectivity index (χ2v) is 3.71. The Kier molecular flexibility index (Phi) is 2.82. The van der Waals surface area contributed by atoms with Gasteiger partial charge in [-0.3, -0.25) is 4.79 Å². The molecule has 1 aromatic carbocycles. The zero-order valence-electron chi connectivity index (χ0n) is 9.29. The van der Waals surface area contributed by atoms with Crippen molar-refractivity contribution in [2.45, 2.75) is 13.3 Å². The molecule has 1 aromatic heterocycles. The number of carboxylic acids is 1. The van der Waals surface area contributed by atoms with Crippen molar-refractivity contribution in [3.63, 3.8) is 0 Å². The van der Waals surface area contributed by atoms with Gasteiger partial charge in [0.2, 0.25) is 5.88 Å². The molecule has 2 rings (SSSR count). The monoisotopic (exact) mass is 232 g/mol. The molecule has 88 valence electrons. The fourth-order valence-electron chi connectivity index (χ4n) is 1.65. The number of aryl methyl sites for hydroxylation is 1. The number of aromatic hydroxyl groups is 1. The third kappa shape index (κ3) is 2.13. The second-order valence-electron chi connectivity index (χ2n) is 3.71. The van der Waals surface area contributed by atoms with Gasteiger partial charge in [0, 0.05) is 5.56 Å². The number of benzene rings is 1. The van der Waals surface area contributed by atoms with Gasteiger partial charge >= 0.3 is 5.97 Å². The number of aliphatic carboxylic acids is 1. The normalized spacial score (nSPS) is 10.4. The quantitative estimate of drug-likeness (QED) is 0.841. The van der Waals surface area contributed by atoms with Crippen LogP contribution in [0.3, 0.4) is 0 Å². The van der Waals surface area contributed by atoms with Crippen molar-refractivity contribution in [3.05, 3.63) is 41.6 Å². The van der Waals surface area contributed by atoms with E-state index in [1.165, 1.54) is 4.68 Å². The van der Waals surface area contributed by atoms with Crippen LogP contribution in [-0.2, 0) is 11.2 Å². The van der Waals surface area contributed by atoms with E-state index in [2.05, 4.69) is 5.10 Å². The van der Waals surface area contributed by atoms with E-state index in [0.717, 1.165) is 0 Å². The van der Waals surface area contributed by atoms with Crippen LogP contribution in [0.15, 0.2) is 30.3 Å². The maximum absolute atomic E-state index is 10.7. The van der Waals surface area contributed by atoms with Crippen LogP contribution in [0, 0.1) is 6.92 Å². The van der Waals surface area contributed by atoms with Gasteiger partial charge in [-0.15, -0.1) is 0 Å². The van der Waals surface area contributed by atoms with E-state index < -0.39 is 5.97 Å². The summed E-state index contributed by atoms with van der Waals surface area (Å²) in [5.41, 5.74) is 1.57. The Balaban J connectivity index is 2.48. The smallest absolute Gasteiger partial charge is 0.308 e. The number of hydrogen-bond donors (Lipinski definition) is 2. The Morgan fingerprint density at radius 1 is 1.35 bits per heavy atom. The molecule has 0 unspecified atom stereocenters. The molecule has 1 heterocycles. The van der Waals surface area contributed by atoms with Crippen molar-refractivity contribution in [2.24, 2.45) is 0 Å². The number of carboxylic acid groups (broad SMARTS) is 1. The summed E-state index contributed by atoms with van der Waals surface area (Å²) >= 11 is 0. The molecule has 0 aliphatic rings. The van der Waals surface area contributed by atoms with E-state index in [1.807, 2.05) is 18.2 Å². The van der Waals surface area contributed by atoms with Gasteiger partial charge < -0.3 is 10.2 Å².